The van der Waals surface area contributed by atoms with Crippen molar-refractivity contribution in [3.8, 4) is 0 Å². The summed E-state index contributed by atoms with van der Waals surface area (Å²) in [5.74, 6) is -0.625. The number of aromatic nitrogens is 2. The Kier molecular flexibility index (Phi) is 3.45. The molecule has 0 amide bonds. The highest BCUT2D eigenvalue weighted by atomic mass is 79.9. The maximum absolute atomic E-state index is 11.4. The van der Waals surface area contributed by atoms with Crippen molar-refractivity contribution >= 4 is 44.7 Å². The summed E-state index contributed by atoms with van der Waals surface area (Å²) in [4.78, 5) is 16.8. The Hall–Kier alpha value is -1.86. The van der Waals surface area contributed by atoms with E-state index in [-0.39, 0.29) is 5.69 Å². The summed E-state index contributed by atoms with van der Waals surface area (Å²) < 4.78 is 2.57. The number of hydrogen-bond acceptors (Lipinski definition) is 4. The van der Waals surface area contributed by atoms with E-state index in [2.05, 4.69) is 26.2 Å². The highest BCUT2D eigenvalue weighted by Gasteiger charge is 2.18. The molecule has 0 bridgehead atoms. The highest BCUT2D eigenvalue weighted by molar-refractivity contribution is 9.10. The van der Waals surface area contributed by atoms with E-state index in [4.69, 9.17) is 0 Å². The lowest BCUT2D eigenvalue weighted by atomic mass is 10.4. The van der Waals surface area contributed by atoms with E-state index in [1.807, 2.05) is 17.5 Å². The van der Waals surface area contributed by atoms with Crippen molar-refractivity contribution in [1.82, 2.24) is 9.38 Å². The van der Waals surface area contributed by atoms with E-state index in [0.29, 0.717) is 18.0 Å². The van der Waals surface area contributed by atoms with Gasteiger partial charge in [-0.05, 0) is 39.5 Å². The molecule has 0 unspecified atom stereocenters. The predicted octanol–water partition coefficient (Wildman–Crippen LogP) is 3.47. The number of carboxylic acids is 1. The Morgan fingerprint density at radius 1 is 1.45 bits per heavy atom. The number of pyridine rings is 1. The molecule has 0 aliphatic rings. The third kappa shape index (κ3) is 2.30. The molecular formula is C13H10BrN3O2S. The van der Waals surface area contributed by atoms with Gasteiger partial charge in [0.05, 0.1) is 6.54 Å². The molecule has 0 aliphatic heterocycles. The molecule has 0 saturated carbocycles. The van der Waals surface area contributed by atoms with Crippen LogP contribution >= 0.6 is 27.3 Å². The molecule has 5 nitrogen and oxygen atoms in total. The van der Waals surface area contributed by atoms with Crippen LogP contribution < -0.4 is 5.32 Å². The molecule has 0 aromatic carbocycles. The second-order valence-electron chi connectivity index (χ2n) is 4.09. The fourth-order valence-electron chi connectivity index (χ4n) is 1.94. The molecule has 20 heavy (non-hydrogen) atoms. The van der Waals surface area contributed by atoms with Gasteiger partial charge >= 0.3 is 5.97 Å². The zero-order valence-corrected chi connectivity index (χ0v) is 12.6. The van der Waals surface area contributed by atoms with Crippen LogP contribution in [0.3, 0.4) is 0 Å². The van der Waals surface area contributed by atoms with Crippen molar-refractivity contribution in [2.24, 2.45) is 0 Å². The Morgan fingerprint density at radius 2 is 2.30 bits per heavy atom. The van der Waals surface area contributed by atoms with Crippen molar-refractivity contribution < 1.29 is 9.90 Å². The minimum atomic E-state index is -1.00. The standard InChI is InChI=1S/C13H10BrN3O2S/c14-8-4-6-20-9(8)7-15-12-11(13(18)19)17-5-2-1-3-10(17)16-12/h1-6,15H,7H2,(H,18,19). The molecule has 3 aromatic heterocycles. The monoisotopic (exact) mass is 351 g/mol. The summed E-state index contributed by atoms with van der Waals surface area (Å²) in [6.45, 7) is 0.530. The molecule has 0 radical (unpaired) electrons. The number of nitrogens with one attached hydrogen (secondary N) is 1. The van der Waals surface area contributed by atoms with E-state index in [1.165, 1.54) is 0 Å². The number of anilines is 1. The van der Waals surface area contributed by atoms with Crippen molar-refractivity contribution in [3.63, 3.8) is 0 Å². The summed E-state index contributed by atoms with van der Waals surface area (Å²) in [5, 5.41) is 14.4. The van der Waals surface area contributed by atoms with Crippen LogP contribution in [0.25, 0.3) is 5.65 Å². The molecule has 2 N–H and O–H groups in total. The summed E-state index contributed by atoms with van der Waals surface area (Å²) in [7, 11) is 0. The SMILES string of the molecule is O=C(O)c1c(NCc2sccc2Br)nc2ccccn12. The predicted molar refractivity (Wildman–Crippen MR) is 81.5 cm³/mol. The quantitative estimate of drug-likeness (QED) is 0.755. The molecule has 3 rings (SSSR count). The number of carbonyl (C=O) groups is 1. The van der Waals surface area contributed by atoms with Gasteiger partial charge in [0.25, 0.3) is 0 Å². The lowest BCUT2D eigenvalue weighted by molar-refractivity contribution is 0.0690. The largest absolute Gasteiger partial charge is 0.476 e. The number of nitrogens with zero attached hydrogens (tertiary/aromatic N) is 2. The number of thiophene rings is 1. The van der Waals surface area contributed by atoms with Crippen LogP contribution in [0, 0.1) is 0 Å². The smallest absolute Gasteiger partial charge is 0.356 e. The topological polar surface area (TPSA) is 66.6 Å². The minimum absolute atomic E-state index is 0.147. The molecule has 3 heterocycles. The first-order chi connectivity index (χ1) is 9.66. The van der Waals surface area contributed by atoms with Gasteiger partial charge in [-0.15, -0.1) is 11.3 Å². The first kappa shape index (κ1) is 13.1. The Morgan fingerprint density at radius 3 is 3.00 bits per heavy atom. The van der Waals surface area contributed by atoms with Crippen LogP contribution in [-0.4, -0.2) is 20.5 Å². The number of rotatable bonds is 4. The van der Waals surface area contributed by atoms with E-state index < -0.39 is 5.97 Å². The van der Waals surface area contributed by atoms with Crippen molar-refractivity contribution in [3.05, 3.63) is 50.9 Å². The summed E-state index contributed by atoms with van der Waals surface area (Å²) in [6.07, 6.45) is 1.69. The average Bonchev–Trinajstić information content (AvgIpc) is 2.99. The van der Waals surface area contributed by atoms with Crippen LogP contribution in [0.5, 0.6) is 0 Å². The van der Waals surface area contributed by atoms with Gasteiger partial charge in [0, 0.05) is 15.5 Å². The van der Waals surface area contributed by atoms with Crippen molar-refractivity contribution in [1.29, 1.82) is 0 Å². The van der Waals surface area contributed by atoms with Gasteiger partial charge in [-0.2, -0.15) is 0 Å². The number of hydrogen-bond donors (Lipinski definition) is 2. The molecule has 0 fully saturated rings. The number of fused-ring (bicyclic) bond motifs is 1. The van der Waals surface area contributed by atoms with E-state index in [0.717, 1.165) is 9.35 Å². The molecule has 0 saturated heterocycles. The van der Waals surface area contributed by atoms with Crippen LogP contribution in [0.1, 0.15) is 15.4 Å². The Labute approximate surface area is 127 Å². The van der Waals surface area contributed by atoms with Gasteiger partial charge in [0.15, 0.2) is 11.5 Å². The van der Waals surface area contributed by atoms with Gasteiger partial charge in [0.1, 0.15) is 5.65 Å². The number of aromatic carboxylic acids is 1. The van der Waals surface area contributed by atoms with Crippen molar-refractivity contribution in [2.45, 2.75) is 6.54 Å². The first-order valence-electron chi connectivity index (χ1n) is 5.83. The van der Waals surface area contributed by atoms with Crippen LogP contribution in [0.4, 0.5) is 5.82 Å². The second kappa shape index (κ2) is 5.26. The maximum atomic E-state index is 11.4. The van der Waals surface area contributed by atoms with Gasteiger partial charge in [-0.3, -0.25) is 4.40 Å². The fourth-order valence-corrected chi connectivity index (χ4v) is 3.37. The Balaban J connectivity index is 1.96. The van der Waals surface area contributed by atoms with Gasteiger partial charge < -0.3 is 10.4 Å². The molecule has 0 atom stereocenters. The zero-order chi connectivity index (χ0) is 14.1. The molecule has 102 valence electrons. The first-order valence-corrected chi connectivity index (χ1v) is 7.50. The van der Waals surface area contributed by atoms with Gasteiger partial charge in [0.2, 0.25) is 0 Å². The van der Waals surface area contributed by atoms with Gasteiger partial charge in [-0.1, -0.05) is 6.07 Å². The molecule has 3 aromatic rings. The summed E-state index contributed by atoms with van der Waals surface area (Å²) in [5.41, 5.74) is 0.755. The number of imidazole rings is 1. The fraction of sp³-hybridized carbons (Fsp3) is 0.0769. The van der Waals surface area contributed by atoms with E-state index in [9.17, 15) is 9.90 Å². The zero-order valence-electron chi connectivity index (χ0n) is 10.2. The third-order valence-corrected chi connectivity index (χ3v) is 4.77. The third-order valence-electron chi connectivity index (χ3n) is 2.84. The van der Waals surface area contributed by atoms with Crippen LogP contribution in [0.2, 0.25) is 0 Å². The van der Waals surface area contributed by atoms with Crippen LogP contribution in [-0.2, 0) is 6.54 Å². The molecule has 0 aliphatic carbocycles. The average molecular weight is 352 g/mol. The van der Waals surface area contributed by atoms with Crippen molar-refractivity contribution in [2.75, 3.05) is 5.32 Å². The molecular weight excluding hydrogens is 342 g/mol. The summed E-state index contributed by atoms with van der Waals surface area (Å²) >= 11 is 5.05. The molecule has 7 heteroatoms. The summed E-state index contributed by atoms with van der Waals surface area (Å²) in [6, 6.07) is 7.34. The number of carboxylic acid groups (broad SMARTS) is 1. The Bertz CT molecular complexity index is 781. The number of halogens is 1. The second-order valence-corrected chi connectivity index (χ2v) is 5.94. The lowest BCUT2D eigenvalue weighted by Gasteiger charge is -2.03. The normalized spacial score (nSPS) is 10.8. The van der Waals surface area contributed by atoms with E-state index >= 15 is 0 Å². The highest BCUT2D eigenvalue weighted by Crippen LogP contribution is 2.25. The van der Waals surface area contributed by atoms with E-state index in [1.54, 1.807) is 34.1 Å². The molecule has 0 spiro atoms. The lowest BCUT2D eigenvalue weighted by Crippen LogP contribution is -2.07. The van der Waals surface area contributed by atoms with Gasteiger partial charge in [-0.25, -0.2) is 9.78 Å². The van der Waals surface area contributed by atoms with Crippen LogP contribution in [0.15, 0.2) is 40.3 Å². The maximum Gasteiger partial charge on any atom is 0.356 e. The minimum Gasteiger partial charge on any atom is -0.476 e.